The Labute approximate surface area is 134 Å². The molecule has 3 rings (SSSR count). The summed E-state index contributed by atoms with van der Waals surface area (Å²) >= 11 is 0. The van der Waals surface area contributed by atoms with Crippen LogP contribution in [0.1, 0.15) is 16.7 Å². The van der Waals surface area contributed by atoms with Crippen LogP contribution in [0, 0.1) is 0 Å². The highest BCUT2D eigenvalue weighted by atomic mass is 32.2. The van der Waals surface area contributed by atoms with E-state index < -0.39 is 10.8 Å². The van der Waals surface area contributed by atoms with Crippen LogP contribution in [0.15, 0.2) is 42.5 Å². The van der Waals surface area contributed by atoms with Gasteiger partial charge in [-0.1, -0.05) is 24.3 Å². The second kappa shape index (κ2) is 6.97. The third-order valence-electron chi connectivity index (χ3n) is 3.79. The zero-order valence-corrected chi connectivity index (χ0v) is 13.6. The first-order valence-corrected chi connectivity index (χ1v) is 9.31. The summed E-state index contributed by atoms with van der Waals surface area (Å²) in [6, 6.07) is 14.6. The Bertz CT molecular complexity index is 685. The SMILES string of the molecule is C[S@@](=O)Cc1cccc(NCCc2ccc3c(c2)CCO3)c1. The molecule has 0 bridgehead atoms. The Kier molecular flexibility index (Phi) is 4.78. The van der Waals surface area contributed by atoms with Crippen LogP contribution in [0.3, 0.4) is 0 Å². The van der Waals surface area contributed by atoms with Gasteiger partial charge in [0.2, 0.25) is 0 Å². The van der Waals surface area contributed by atoms with Crippen molar-refractivity contribution in [1.82, 2.24) is 0 Å². The fourth-order valence-electron chi connectivity index (χ4n) is 2.75. The summed E-state index contributed by atoms with van der Waals surface area (Å²) < 4.78 is 16.8. The minimum Gasteiger partial charge on any atom is -0.493 e. The van der Waals surface area contributed by atoms with E-state index in [-0.39, 0.29) is 0 Å². The predicted molar refractivity (Wildman–Crippen MR) is 92.0 cm³/mol. The monoisotopic (exact) mass is 315 g/mol. The molecule has 116 valence electrons. The molecule has 0 unspecified atom stereocenters. The van der Waals surface area contributed by atoms with Gasteiger partial charge in [-0.15, -0.1) is 0 Å². The molecular formula is C18H21NO2S. The molecule has 0 saturated carbocycles. The van der Waals surface area contributed by atoms with E-state index in [1.54, 1.807) is 6.26 Å². The van der Waals surface area contributed by atoms with Crippen molar-refractivity contribution < 1.29 is 8.95 Å². The number of ether oxygens (including phenoxy) is 1. The van der Waals surface area contributed by atoms with E-state index in [2.05, 4.69) is 35.6 Å². The molecular weight excluding hydrogens is 294 g/mol. The molecule has 0 spiro atoms. The first-order valence-electron chi connectivity index (χ1n) is 7.58. The van der Waals surface area contributed by atoms with E-state index in [1.807, 2.05) is 12.1 Å². The molecule has 0 aromatic heterocycles. The third kappa shape index (κ3) is 3.89. The fraction of sp³-hybridized carbons (Fsp3) is 0.333. The number of anilines is 1. The lowest BCUT2D eigenvalue weighted by Crippen LogP contribution is -2.05. The molecule has 22 heavy (non-hydrogen) atoms. The molecule has 3 nitrogen and oxygen atoms in total. The van der Waals surface area contributed by atoms with Gasteiger partial charge in [-0.3, -0.25) is 4.21 Å². The van der Waals surface area contributed by atoms with Gasteiger partial charge in [0.25, 0.3) is 0 Å². The van der Waals surface area contributed by atoms with Gasteiger partial charge in [0, 0.05) is 41.5 Å². The maximum absolute atomic E-state index is 11.3. The molecule has 1 atom stereocenters. The highest BCUT2D eigenvalue weighted by Gasteiger charge is 2.11. The van der Waals surface area contributed by atoms with Gasteiger partial charge in [0.15, 0.2) is 0 Å². The fourth-order valence-corrected chi connectivity index (χ4v) is 3.40. The molecule has 0 amide bonds. The molecule has 2 aromatic rings. The van der Waals surface area contributed by atoms with E-state index in [0.29, 0.717) is 5.75 Å². The van der Waals surface area contributed by atoms with E-state index in [1.165, 1.54) is 11.1 Å². The molecule has 1 heterocycles. The number of benzene rings is 2. The van der Waals surface area contributed by atoms with Crippen molar-refractivity contribution >= 4 is 16.5 Å². The van der Waals surface area contributed by atoms with Crippen molar-refractivity contribution in [3.05, 3.63) is 59.2 Å². The second-order valence-corrected chi connectivity index (χ2v) is 7.07. The highest BCUT2D eigenvalue weighted by molar-refractivity contribution is 7.83. The number of hydrogen-bond donors (Lipinski definition) is 1. The second-order valence-electron chi connectivity index (χ2n) is 5.64. The number of rotatable bonds is 6. The Hall–Kier alpha value is -1.81. The number of fused-ring (bicyclic) bond motifs is 1. The van der Waals surface area contributed by atoms with Crippen molar-refractivity contribution in [1.29, 1.82) is 0 Å². The molecule has 1 N–H and O–H groups in total. The topological polar surface area (TPSA) is 38.3 Å². The van der Waals surface area contributed by atoms with Gasteiger partial charge in [-0.25, -0.2) is 0 Å². The van der Waals surface area contributed by atoms with Crippen LogP contribution < -0.4 is 10.1 Å². The quantitative estimate of drug-likeness (QED) is 0.890. The summed E-state index contributed by atoms with van der Waals surface area (Å²) in [6.45, 7) is 1.70. The van der Waals surface area contributed by atoms with Crippen LogP contribution in [-0.2, 0) is 29.4 Å². The van der Waals surface area contributed by atoms with Crippen LogP contribution in [0.4, 0.5) is 5.69 Å². The smallest absolute Gasteiger partial charge is 0.122 e. The average Bonchev–Trinajstić information content (AvgIpc) is 2.94. The van der Waals surface area contributed by atoms with E-state index in [0.717, 1.165) is 43.0 Å². The molecule has 0 saturated heterocycles. The average molecular weight is 315 g/mol. The van der Waals surface area contributed by atoms with Gasteiger partial charge in [-0.2, -0.15) is 0 Å². The Morgan fingerprint density at radius 1 is 1.18 bits per heavy atom. The van der Waals surface area contributed by atoms with Crippen molar-refractivity contribution in [2.75, 3.05) is 24.7 Å². The molecule has 1 aliphatic heterocycles. The summed E-state index contributed by atoms with van der Waals surface area (Å²) in [7, 11) is -0.800. The maximum atomic E-state index is 11.3. The lowest BCUT2D eigenvalue weighted by Gasteiger charge is -2.09. The van der Waals surface area contributed by atoms with Crippen molar-refractivity contribution in [3.8, 4) is 5.75 Å². The van der Waals surface area contributed by atoms with Gasteiger partial charge in [0.05, 0.1) is 6.61 Å². The zero-order chi connectivity index (χ0) is 15.4. The van der Waals surface area contributed by atoms with Gasteiger partial charge in [0.1, 0.15) is 5.75 Å². The Balaban J connectivity index is 1.55. The zero-order valence-electron chi connectivity index (χ0n) is 12.8. The normalized spacial score (nSPS) is 14.2. The third-order valence-corrected chi connectivity index (χ3v) is 4.53. The van der Waals surface area contributed by atoms with Crippen LogP contribution in [-0.4, -0.2) is 23.6 Å². The first kappa shape index (κ1) is 15.1. The first-order chi connectivity index (χ1) is 10.7. The molecule has 0 radical (unpaired) electrons. The Morgan fingerprint density at radius 3 is 2.95 bits per heavy atom. The predicted octanol–water partition coefficient (Wildman–Crippen LogP) is 3.15. The molecule has 1 aliphatic rings. The number of nitrogens with one attached hydrogen (secondary N) is 1. The molecule has 4 heteroatoms. The molecule has 0 fully saturated rings. The van der Waals surface area contributed by atoms with Crippen LogP contribution in [0.5, 0.6) is 5.75 Å². The van der Waals surface area contributed by atoms with E-state index in [4.69, 9.17) is 4.74 Å². The maximum Gasteiger partial charge on any atom is 0.122 e. The summed E-state index contributed by atoms with van der Waals surface area (Å²) in [5.41, 5.74) is 4.86. The lowest BCUT2D eigenvalue weighted by molar-refractivity contribution is 0.357. The van der Waals surface area contributed by atoms with Crippen molar-refractivity contribution in [2.45, 2.75) is 18.6 Å². The summed E-state index contributed by atoms with van der Waals surface area (Å²) in [5.74, 6) is 1.65. The minimum atomic E-state index is -0.800. The number of hydrogen-bond acceptors (Lipinski definition) is 3. The highest BCUT2D eigenvalue weighted by Crippen LogP contribution is 2.26. The largest absolute Gasteiger partial charge is 0.493 e. The molecule has 2 aromatic carbocycles. The van der Waals surface area contributed by atoms with Crippen molar-refractivity contribution in [3.63, 3.8) is 0 Å². The Morgan fingerprint density at radius 2 is 2.09 bits per heavy atom. The van der Waals surface area contributed by atoms with Gasteiger partial charge in [-0.05, 0) is 41.3 Å². The van der Waals surface area contributed by atoms with E-state index in [9.17, 15) is 4.21 Å². The van der Waals surface area contributed by atoms with Crippen LogP contribution in [0.2, 0.25) is 0 Å². The minimum absolute atomic E-state index is 0.611. The van der Waals surface area contributed by atoms with Gasteiger partial charge >= 0.3 is 0 Å². The van der Waals surface area contributed by atoms with Crippen LogP contribution in [0.25, 0.3) is 0 Å². The standard InChI is InChI=1S/C18H21NO2S/c1-22(20)13-15-3-2-4-17(12-15)19-9-7-14-5-6-18-16(11-14)8-10-21-18/h2-6,11-12,19H,7-10,13H2,1H3/t22-/m1/s1. The summed E-state index contributed by atoms with van der Waals surface area (Å²) in [4.78, 5) is 0. The molecule has 0 aliphatic carbocycles. The van der Waals surface area contributed by atoms with Gasteiger partial charge < -0.3 is 10.1 Å². The lowest BCUT2D eigenvalue weighted by atomic mass is 10.1. The summed E-state index contributed by atoms with van der Waals surface area (Å²) in [6.07, 6.45) is 3.74. The summed E-state index contributed by atoms with van der Waals surface area (Å²) in [5, 5.41) is 3.44. The van der Waals surface area contributed by atoms with Crippen molar-refractivity contribution in [2.24, 2.45) is 0 Å². The van der Waals surface area contributed by atoms with Crippen LogP contribution >= 0.6 is 0 Å². The van der Waals surface area contributed by atoms with E-state index >= 15 is 0 Å².